The standard InChI is InChI=1S/C15H25NO2/c1-13(2)7-6-10-18-12-15(17)11-16-14-8-4-3-5-9-14/h3-5,8-9,13,15-17H,6-7,10-12H2,1-2H3. The van der Waals surface area contributed by atoms with Crippen LogP contribution in [0, 0.1) is 5.92 Å². The smallest absolute Gasteiger partial charge is 0.0945 e. The van der Waals surface area contributed by atoms with Gasteiger partial charge in [-0.25, -0.2) is 0 Å². The maximum atomic E-state index is 9.73. The summed E-state index contributed by atoms with van der Waals surface area (Å²) in [5.74, 6) is 0.721. The lowest BCUT2D eigenvalue weighted by atomic mass is 10.1. The quantitative estimate of drug-likeness (QED) is 0.663. The first kappa shape index (κ1) is 15.0. The molecule has 0 amide bonds. The van der Waals surface area contributed by atoms with Gasteiger partial charge in [0.15, 0.2) is 0 Å². The number of aliphatic hydroxyl groups excluding tert-OH is 1. The van der Waals surface area contributed by atoms with Crippen LogP contribution in [0.2, 0.25) is 0 Å². The van der Waals surface area contributed by atoms with Crippen molar-refractivity contribution >= 4 is 5.69 Å². The van der Waals surface area contributed by atoms with E-state index in [9.17, 15) is 5.11 Å². The zero-order chi connectivity index (χ0) is 13.2. The van der Waals surface area contributed by atoms with Crippen molar-refractivity contribution in [2.45, 2.75) is 32.8 Å². The Kier molecular flexibility index (Phi) is 7.46. The Labute approximate surface area is 110 Å². The van der Waals surface area contributed by atoms with Gasteiger partial charge in [-0.2, -0.15) is 0 Å². The van der Waals surface area contributed by atoms with Crippen LogP contribution in [0.3, 0.4) is 0 Å². The Hall–Kier alpha value is -1.06. The second-order valence-corrected chi connectivity index (χ2v) is 5.01. The van der Waals surface area contributed by atoms with E-state index in [1.807, 2.05) is 30.3 Å². The fraction of sp³-hybridized carbons (Fsp3) is 0.600. The normalized spacial score (nSPS) is 12.7. The number of para-hydroxylation sites is 1. The molecule has 0 heterocycles. The summed E-state index contributed by atoms with van der Waals surface area (Å²) in [5, 5.41) is 12.9. The summed E-state index contributed by atoms with van der Waals surface area (Å²) in [6.07, 6.45) is 1.79. The second-order valence-electron chi connectivity index (χ2n) is 5.01. The first-order valence-electron chi connectivity index (χ1n) is 6.73. The average molecular weight is 251 g/mol. The summed E-state index contributed by atoms with van der Waals surface area (Å²) in [6.45, 7) is 6.07. The van der Waals surface area contributed by atoms with Gasteiger partial charge < -0.3 is 15.2 Å². The summed E-state index contributed by atoms with van der Waals surface area (Å²) in [4.78, 5) is 0. The number of anilines is 1. The van der Waals surface area contributed by atoms with E-state index in [1.54, 1.807) is 0 Å². The van der Waals surface area contributed by atoms with E-state index in [2.05, 4.69) is 19.2 Å². The summed E-state index contributed by atoms with van der Waals surface area (Å²) in [6, 6.07) is 9.88. The van der Waals surface area contributed by atoms with Crippen molar-refractivity contribution in [1.29, 1.82) is 0 Å². The van der Waals surface area contributed by atoms with E-state index < -0.39 is 6.10 Å². The lowest BCUT2D eigenvalue weighted by Crippen LogP contribution is -2.25. The summed E-state index contributed by atoms with van der Waals surface area (Å²) < 4.78 is 5.44. The third-order valence-corrected chi connectivity index (χ3v) is 2.70. The number of aliphatic hydroxyl groups is 1. The van der Waals surface area contributed by atoms with Gasteiger partial charge in [0, 0.05) is 18.8 Å². The minimum atomic E-state index is -0.454. The highest BCUT2D eigenvalue weighted by atomic mass is 16.5. The molecule has 0 saturated carbocycles. The topological polar surface area (TPSA) is 41.5 Å². The molecule has 3 nitrogen and oxygen atoms in total. The summed E-state index contributed by atoms with van der Waals surface area (Å²) in [7, 11) is 0. The number of nitrogens with one attached hydrogen (secondary N) is 1. The summed E-state index contributed by atoms with van der Waals surface area (Å²) in [5.41, 5.74) is 1.02. The molecule has 3 heteroatoms. The largest absolute Gasteiger partial charge is 0.389 e. The molecule has 1 aromatic carbocycles. The van der Waals surface area contributed by atoms with Gasteiger partial charge in [-0.3, -0.25) is 0 Å². The van der Waals surface area contributed by atoms with Crippen LogP contribution < -0.4 is 5.32 Å². The number of benzene rings is 1. The molecule has 1 aromatic rings. The van der Waals surface area contributed by atoms with E-state index in [-0.39, 0.29) is 0 Å². The number of hydrogen-bond acceptors (Lipinski definition) is 3. The zero-order valence-electron chi connectivity index (χ0n) is 11.4. The van der Waals surface area contributed by atoms with Crippen LogP contribution in [-0.4, -0.2) is 31.0 Å². The van der Waals surface area contributed by atoms with Gasteiger partial charge in [0.2, 0.25) is 0 Å². The maximum Gasteiger partial charge on any atom is 0.0945 e. The fourth-order valence-electron chi connectivity index (χ4n) is 1.66. The predicted octanol–water partition coefficient (Wildman–Crippen LogP) is 2.91. The molecule has 102 valence electrons. The van der Waals surface area contributed by atoms with Crippen molar-refractivity contribution in [3.63, 3.8) is 0 Å². The molecule has 0 spiro atoms. The Morgan fingerprint density at radius 2 is 1.94 bits per heavy atom. The second kappa shape index (κ2) is 8.95. The molecule has 1 atom stereocenters. The third kappa shape index (κ3) is 7.30. The monoisotopic (exact) mass is 251 g/mol. The lowest BCUT2D eigenvalue weighted by molar-refractivity contribution is 0.0409. The highest BCUT2D eigenvalue weighted by Gasteiger charge is 2.04. The highest BCUT2D eigenvalue weighted by molar-refractivity contribution is 5.42. The minimum Gasteiger partial charge on any atom is -0.389 e. The number of rotatable bonds is 9. The summed E-state index contributed by atoms with van der Waals surface area (Å²) >= 11 is 0. The Morgan fingerprint density at radius 3 is 2.61 bits per heavy atom. The first-order valence-corrected chi connectivity index (χ1v) is 6.73. The van der Waals surface area contributed by atoms with Gasteiger partial charge in [0.25, 0.3) is 0 Å². The van der Waals surface area contributed by atoms with E-state index >= 15 is 0 Å². The lowest BCUT2D eigenvalue weighted by Gasteiger charge is -2.13. The Morgan fingerprint density at radius 1 is 1.22 bits per heavy atom. The van der Waals surface area contributed by atoms with Crippen molar-refractivity contribution in [3.05, 3.63) is 30.3 Å². The van der Waals surface area contributed by atoms with Gasteiger partial charge in [-0.15, -0.1) is 0 Å². The van der Waals surface area contributed by atoms with Crippen LogP contribution in [0.25, 0.3) is 0 Å². The van der Waals surface area contributed by atoms with Crippen molar-refractivity contribution in [2.75, 3.05) is 25.1 Å². The molecule has 18 heavy (non-hydrogen) atoms. The molecule has 0 radical (unpaired) electrons. The van der Waals surface area contributed by atoms with Crippen LogP contribution >= 0.6 is 0 Å². The molecule has 1 rings (SSSR count). The van der Waals surface area contributed by atoms with E-state index in [1.165, 1.54) is 6.42 Å². The van der Waals surface area contributed by atoms with Gasteiger partial charge >= 0.3 is 0 Å². The SMILES string of the molecule is CC(C)CCCOCC(O)CNc1ccccc1. The fourth-order valence-corrected chi connectivity index (χ4v) is 1.66. The number of hydrogen-bond donors (Lipinski definition) is 2. The van der Waals surface area contributed by atoms with Crippen LogP contribution in [0.1, 0.15) is 26.7 Å². The molecule has 2 N–H and O–H groups in total. The molecule has 0 fully saturated rings. The average Bonchev–Trinajstić information content (AvgIpc) is 2.37. The molecular formula is C15H25NO2. The van der Waals surface area contributed by atoms with Crippen LogP contribution in [0.15, 0.2) is 30.3 Å². The zero-order valence-corrected chi connectivity index (χ0v) is 11.4. The van der Waals surface area contributed by atoms with Crippen molar-refractivity contribution in [1.82, 2.24) is 0 Å². The van der Waals surface area contributed by atoms with Crippen LogP contribution in [0.5, 0.6) is 0 Å². The van der Waals surface area contributed by atoms with E-state index in [0.29, 0.717) is 13.2 Å². The van der Waals surface area contributed by atoms with Crippen molar-refractivity contribution < 1.29 is 9.84 Å². The minimum absolute atomic E-state index is 0.401. The Bertz CT molecular complexity index is 301. The van der Waals surface area contributed by atoms with Crippen molar-refractivity contribution in [3.8, 4) is 0 Å². The molecule has 0 aliphatic heterocycles. The first-order chi connectivity index (χ1) is 8.68. The van der Waals surface area contributed by atoms with E-state index in [0.717, 1.165) is 24.6 Å². The molecule has 0 saturated heterocycles. The van der Waals surface area contributed by atoms with E-state index in [4.69, 9.17) is 4.74 Å². The van der Waals surface area contributed by atoms with Gasteiger partial charge in [0.1, 0.15) is 0 Å². The molecule has 0 aliphatic rings. The number of ether oxygens (including phenoxy) is 1. The molecule has 0 bridgehead atoms. The van der Waals surface area contributed by atoms with Crippen molar-refractivity contribution in [2.24, 2.45) is 5.92 Å². The highest BCUT2D eigenvalue weighted by Crippen LogP contribution is 2.05. The predicted molar refractivity (Wildman–Crippen MR) is 75.8 cm³/mol. The third-order valence-electron chi connectivity index (χ3n) is 2.70. The van der Waals surface area contributed by atoms with Gasteiger partial charge in [-0.1, -0.05) is 32.0 Å². The maximum absolute atomic E-state index is 9.73. The van der Waals surface area contributed by atoms with Gasteiger partial charge in [0.05, 0.1) is 12.7 Å². The van der Waals surface area contributed by atoms with Crippen LogP contribution in [-0.2, 0) is 4.74 Å². The molecule has 0 aliphatic carbocycles. The molecule has 1 unspecified atom stereocenters. The van der Waals surface area contributed by atoms with Gasteiger partial charge in [-0.05, 0) is 30.9 Å². The molecule has 0 aromatic heterocycles. The molecular weight excluding hydrogens is 226 g/mol. The van der Waals surface area contributed by atoms with Crippen LogP contribution in [0.4, 0.5) is 5.69 Å². The Balaban J connectivity index is 2.02.